The molecule has 0 saturated carbocycles. The molecule has 0 aliphatic rings. The molecule has 1 heterocycles. The Balaban J connectivity index is 2.08. The van der Waals surface area contributed by atoms with Gasteiger partial charge in [-0.2, -0.15) is 0 Å². The van der Waals surface area contributed by atoms with E-state index in [9.17, 15) is 0 Å². The first-order valence-corrected chi connectivity index (χ1v) is 6.69. The Labute approximate surface area is 115 Å². The lowest BCUT2D eigenvalue weighted by Gasteiger charge is -2.07. The van der Waals surface area contributed by atoms with E-state index in [1.807, 2.05) is 24.5 Å². The highest BCUT2D eigenvalue weighted by Gasteiger charge is 2.04. The van der Waals surface area contributed by atoms with Gasteiger partial charge >= 0.3 is 0 Å². The Hall–Kier alpha value is -1.67. The topological polar surface area (TPSA) is 12.9 Å². The number of hydrogen-bond donors (Lipinski definition) is 0. The van der Waals surface area contributed by atoms with Crippen LogP contribution < -0.4 is 0 Å². The number of aromatic nitrogens is 1. The fourth-order valence-corrected chi connectivity index (χ4v) is 2.59. The van der Waals surface area contributed by atoms with E-state index in [2.05, 4.69) is 57.3 Å². The predicted octanol–water partition coefficient (Wildman–Crippen LogP) is 4.59. The summed E-state index contributed by atoms with van der Waals surface area (Å²) in [4.78, 5) is 4.32. The molecule has 1 aromatic heterocycles. The van der Waals surface area contributed by atoms with Gasteiger partial charge in [0.25, 0.3) is 0 Å². The number of halogens is 1. The maximum Gasteiger partial charge on any atom is 0.0346 e. The Morgan fingerprint density at radius 1 is 0.833 bits per heavy atom. The van der Waals surface area contributed by atoms with Crippen molar-refractivity contribution in [2.75, 3.05) is 0 Å². The van der Waals surface area contributed by atoms with Crippen LogP contribution >= 0.6 is 15.9 Å². The number of fused-ring (bicyclic) bond motifs is 1. The van der Waals surface area contributed by atoms with Gasteiger partial charge in [0, 0.05) is 28.7 Å². The summed E-state index contributed by atoms with van der Waals surface area (Å²) < 4.78 is 1.15. The Bertz CT molecular complexity index is 686. The largest absolute Gasteiger partial charge is 0.264 e. The third kappa shape index (κ3) is 2.16. The second-order valence-electron chi connectivity index (χ2n) is 4.29. The zero-order chi connectivity index (χ0) is 12.4. The molecule has 0 atom stereocenters. The molecule has 0 aliphatic carbocycles. The first-order valence-electron chi connectivity index (χ1n) is 5.89. The standard InChI is InChI=1S/C16H12BrN/c17-16-8-4-2-5-12(16)9-14-11-18-10-13-6-1-3-7-15(13)14/h1-8,10-11H,9H2. The normalized spacial score (nSPS) is 10.7. The SMILES string of the molecule is Brc1ccccc1Cc1cncc2ccccc12. The summed E-state index contributed by atoms with van der Waals surface area (Å²) in [5.74, 6) is 0. The van der Waals surface area contributed by atoms with Crippen LogP contribution in [-0.4, -0.2) is 4.98 Å². The highest BCUT2D eigenvalue weighted by molar-refractivity contribution is 9.10. The van der Waals surface area contributed by atoms with Crippen molar-refractivity contribution >= 4 is 26.7 Å². The highest BCUT2D eigenvalue weighted by atomic mass is 79.9. The molecular formula is C16H12BrN. The molecule has 2 heteroatoms. The minimum Gasteiger partial charge on any atom is -0.264 e. The van der Waals surface area contributed by atoms with Crippen molar-refractivity contribution in [3.05, 3.63) is 76.5 Å². The molecule has 0 N–H and O–H groups in total. The van der Waals surface area contributed by atoms with Crippen LogP contribution in [0.2, 0.25) is 0 Å². The molecule has 0 aliphatic heterocycles. The quantitative estimate of drug-likeness (QED) is 0.674. The zero-order valence-electron chi connectivity index (χ0n) is 9.81. The lowest BCUT2D eigenvalue weighted by molar-refractivity contribution is 1.16. The van der Waals surface area contributed by atoms with Crippen LogP contribution in [-0.2, 0) is 6.42 Å². The molecule has 2 aromatic carbocycles. The summed E-state index contributed by atoms with van der Waals surface area (Å²) in [5.41, 5.74) is 2.55. The van der Waals surface area contributed by atoms with Crippen molar-refractivity contribution < 1.29 is 0 Å². The molecule has 1 nitrogen and oxygen atoms in total. The molecule has 0 unspecified atom stereocenters. The first-order chi connectivity index (χ1) is 8.84. The van der Waals surface area contributed by atoms with Gasteiger partial charge in [0.2, 0.25) is 0 Å². The molecule has 3 aromatic rings. The smallest absolute Gasteiger partial charge is 0.0346 e. The summed E-state index contributed by atoms with van der Waals surface area (Å²) in [6.45, 7) is 0. The van der Waals surface area contributed by atoms with Gasteiger partial charge in [0.1, 0.15) is 0 Å². The summed E-state index contributed by atoms with van der Waals surface area (Å²) in [7, 11) is 0. The molecule has 0 bridgehead atoms. The average molecular weight is 298 g/mol. The van der Waals surface area contributed by atoms with Crippen LogP contribution in [0.5, 0.6) is 0 Å². The minimum absolute atomic E-state index is 0.899. The zero-order valence-corrected chi connectivity index (χ0v) is 11.4. The summed E-state index contributed by atoms with van der Waals surface area (Å²) in [6.07, 6.45) is 4.77. The van der Waals surface area contributed by atoms with Gasteiger partial charge in [-0.05, 0) is 22.6 Å². The van der Waals surface area contributed by atoms with Crippen LogP contribution in [0, 0.1) is 0 Å². The van der Waals surface area contributed by atoms with Gasteiger partial charge in [-0.3, -0.25) is 4.98 Å². The maximum atomic E-state index is 4.32. The Morgan fingerprint density at radius 2 is 1.61 bits per heavy atom. The van der Waals surface area contributed by atoms with Gasteiger partial charge in [-0.15, -0.1) is 0 Å². The lowest BCUT2D eigenvalue weighted by atomic mass is 10.0. The van der Waals surface area contributed by atoms with Crippen LogP contribution in [0.1, 0.15) is 11.1 Å². The molecule has 0 saturated heterocycles. The Kier molecular flexibility index (Phi) is 3.11. The van der Waals surface area contributed by atoms with Crippen molar-refractivity contribution in [3.63, 3.8) is 0 Å². The van der Waals surface area contributed by atoms with E-state index in [0.717, 1.165) is 10.9 Å². The summed E-state index contributed by atoms with van der Waals surface area (Å²) >= 11 is 3.60. The number of benzene rings is 2. The van der Waals surface area contributed by atoms with E-state index in [1.165, 1.54) is 21.9 Å². The van der Waals surface area contributed by atoms with Gasteiger partial charge in [-0.25, -0.2) is 0 Å². The second-order valence-corrected chi connectivity index (χ2v) is 5.14. The van der Waals surface area contributed by atoms with E-state index in [0.29, 0.717) is 0 Å². The fourth-order valence-electron chi connectivity index (χ4n) is 2.17. The third-order valence-corrected chi connectivity index (χ3v) is 3.86. The molecule has 0 fully saturated rings. The molecular weight excluding hydrogens is 286 g/mol. The van der Waals surface area contributed by atoms with Gasteiger partial charge in [-0.1, -0.05) is 58.4 Å². The van der Waals surface area contributed by atoms with Crippen LogP contribution in [0.15, 0.2) is 65.4 Å². The lowest BCUT2D eigenvalue weighted by Crippen LogP contribution is -1.92. The predicted molar refractivity (Wildman–Crippen MR) is 78.7 cm³/mol. The van der Waals surface area contributed by atoms with Crippen molar-refractivity contribution in [1.29, 1.82) is 0 Å². The van der Waals surface area contributed by atoms with Crippen molar-refractivity contribution in [3.8, 4) is 0 Å². The number of rotatable bonds is 2. The minimum atomic E-state index is 0.899. The molecule has 18 heavy (non-hydrogen) atoms. The average Bonchev–Trinajstić information content (AvgIpc) is 2.42. The number of nitrogens with zero attached hydrogens (tertiary/aromatic N) is 1. The molecule has 88 valence electrons. The van der Waals surface area contributed by atoms with Gasteiger partial charge < -0.3 is 0 Å². The molecule has 0 radical (unpaired) electrons. The van der Waals surface area contributed by atoms with Gasteiger partial charge in [0.05, 0.1) is 0 Å². The maximum absolute atomic E-state index is 4.32. The van der Waals surface area contributed by atoms with E-state index in [4.69, 9.17) is 0 Å². The van der Waals surface area contributed by atoms with E-state index in [-0.39, 0.29) is 0 Å². The van der Waals surface area contributed by atoms with E-state index >= 15 is 0 Å². The van der Waals surface area contributed by atoms with Crippen LogP contribution in [0.4, 0.5) is 0 Å². The summed E-state index contributed by atoms with van der Waals surface area (Å²) in [6, 6.07) is 16.7. The van der Waals surface area contributed by atoms with Crippen LogP contribution in [0.3, 0.4) is 0 Å². The number of pyridine rings is 1. The Morgan fingerprint density at radius 3 is 2.50 bits per heavy atom. The van der Waals surface area contributed by atoms with Crippen molar-refractivity contribution in [2.45, 2.75) is 6.42 Å². The second kappa shape index (κ2) is 4.91. The third-order valence-electron chi connectivity index (χ3n) is 3.09. The van der Waals surface area contributed by atoms with Crippen molar-refractivity contribution in [2.24, 2.45) is 0 Å². The number of hydrogen-bond acceptors (Lipinski definition) is 1. The van der Waals surface area contributed by atoms with E-state index < -0.39 is 0 Å². The van der Waals surface area contributed by atoms with Crippen molar-refractivity contribution in [1.82, 2.24) is 4.98 Å². The first kappa shape index (κ1) is 11.4. The van der Waals surface area contributed by atoms with Gasteiger partial charge in [0.15, 0.2) is 0 Å². The molecule has 0 amide bonds. The highest BCUT2D eigenvalue weighted by Crippen LogP contribution is 2.23. The fraction of sp³-hybridized carbons (Fsp3) is 0.0625. The molecule has 0 spiro atoms. The monoisotopic (exact) mass is 297 g/mol. The molecule has 3 rings (SSSR count). The van der Waals surface area contributed by atoms with Crippen LogP contribution in [0.25, 0.3) is 10.8 Å². The van der Waals surface area contributed by atoms with E-state index in [1.54, 1.807) is 0 Å². The summed E-state index contributed by atoms with van der Waals surface area (Å²) in [5, 5.41) is 2.48.